The van der Waals surface area contributed by atoms with Crippen LogP contribution in [0.2, 0.25) is 0 Å². The number of aryl methyl sites for hydroxylation is 2. The van der Waals surface area contributed by atoms with Crippen LogP contribution in [0.3, 0.4) is 0 Å². The van der Waals surface area contributed by atoms with E-state index in [0.717, 1.165) is 60.3 Å². The van der Waals surface area contributed by atoms with Gasteiger partial charge in [0.25, 0.3) is 5.91 Å². The second-order valence-corrected chi connectivity index (χ2v) is 7.56. The van der Waals surface area contributed by atoms with Crippen molar-refractivity contribution in [1.29, 1.82) is 0 Å². The van der Waals surface area contributed by atoms with Crippen LogP contribution in [0.5, 0.6) is 0 Å². The minimum absolute atomic E-state index is 0.0155. The second-order valence-electron chi connectivity index (χ2n) is 7.56. The number of pyridine rings is 2. The van der Waals surface area contributed by atoms with Crippen LogP contribution >= 0.6 is 0 Å². The zero-order valence-electron chi connectivity index (χ0n) is 15.4. The molecule has 2 atom stereocenters. The minimum Gasteiger partial charge on any atom is -0.391 e. The molecular weight excluding hydrogens is 326 g/mol. The fourth-order valence-electron chi connectivity index (χ4n) is 4.12. The number of carbonyl (C=O) groups is 1. The summed E-state index contributed by atoms with van der Waals surface area (Å²) in [7, 11) is 0. The first-order valence-electron chi connectivity index (χ1n) is 9.43. The van der Waals surface area contributed by atoms with Gasteiger partial charge in [-0.3, -0.25) is 14.8 Å². The number of aliphatic hydroxyl groups excluding tert-OH is 1. The molecule has 26 heavy (non-hydrogen) atoms. The normalized spacial score (nSPS) is 22.6. The third kappa shape index (κ3) is 3.12. The van der Waals surface area contributed by atoms with Crippen molar-refractivity contribution in [1.82, 2.24) is 14.9 Å². The van der Waals surface area contributed by atoms with Gasteiger partial charge in [0.05, 0.1) is 29.9 Å². The standard InChI is InChI=1S/C21H25N3O2/c1-13-7-8-15(11-22-13)9-16-10-17-18(23-14(16)2)12-24(21(17)26)19-5-3-4-6-20(19)25/h7-8,10-11,19-20,25H,3-6,9,12H2,1-2H3/t19-,20-/m0/s1. The Morgan fingerprint density at radius 3 is 2.77 bits per heavy atom. The summed E-state index contributed by atoms with van der Waals surface area (Å²) in [5, 5.41) is 10.3. The van der Waals surface area contributed by atoms with Crippen molar-refractivity contribution >= 4 is 5.91 Å². The molecular formula is C21H25N3O2. The smallest absolute Gasteiger partial charge is 0.256 e. The molecule has 1 amide bonds. The molecule has 136 valence electrons. The maximum Gasteiger partial charge on any atom is 0.256 e. The molecule has 2 aromatic heterocycles. The molecule has 3 heterocycles. The van der Waals surface area contributed by atoms with E-state index in [1.54, 1.807) is 0 Å². The third-order valence-electron chi connectivity index (χ3n) is 5.67. The number of rotatable bonds is 3. The van der Waals surface area contributed by atoms with Crippen LogP contribution in [0.1, 0.15) is 64.2 Å². The average Bonchev–Trinajstić information content (AvgIpc) is 2.93. The van der Waals surface area contributed by atoms with Gasteiger partial charge in [-0.15, -0.1) is 0 Å². The van der Waals surface area contributed by atoms with Gasteiger partial charge in [0.1, 0.15) is 0 Å². The maximum absolute atomic E-state index is 13.0. The lowest BCUT2D eigenvalue weighted by molar-refractivity contribution is 0.0189. The summed E-state index contributed by atoms with van der Waals surface area (Å²) >= 11 is 0. The molecule has 0 unspecified atom stereocenters. The average molecular weight is 351 g/mol. The lowest BCUT2D eigenvalue weighted by Crippen LogP contribution is -2.45. The molecule has 0 bridgehead atoms. The Kier molecular flexibility index (Phi) is 4.49. The van der Waals surface area contributed by atoms with Crippen molar-refractivity contribution in [3.8, 4) is 0 Å². The Morgan fingerprint density at radius 2 is 2.04 bits per heavy atom. The van der Waals surface area contributed by atoms with Crippen molar-refractivity contribution in [2.45, 2.75) is 64.6 Å². The fourth-order valence-corrected chi connectivity index (χ4v) is 4.12. The predicted molar refractivity (Wildman–Crippen MR) is 98.9 cm³/mol. The first-order chi connectivity index (χ1) is 12.5. The quantitative estimate of drug-likeness (QED) is 0.923. The van der Waals surface area contributed by atoms with Gasteiger partial charge in [-0.25, -0.2) is 0 Å². The highest BCUT2D eigenvalue weighted by molar-refractivity contribution is 5.98. The van der Waals surface area contributed by atoms with Gasteiger partial charge in [0.2, 0.25) is 0 Å². The van der Waals surface area contributed by atoms with Crippen molar-refractivity contribution in [2.75, 3.05) is 0 Å². The predicted octanol–water partition coefficient (Wildman–Crippen LogP) is 2.94. The van der Waals surface area contributed by atoms with Crippen LogP contribution in [0.15, 0.2) is 24.4 Å². The molecule has 0 aromatic carbocycles. The largest absolute Gasteiger partial charge is 0.391 e. The van der Waals surface area contributed by atoms with E-state index in [1.165, 1.54) is 0 Å². The summed E-state index contributed by atoms with van der Waals surface area (Å²) in [5.41, 5.74) is 5.68. The maximum atomic E-state index is 13.0. The van der Waals surface area contributed by atoms with E-state index >= 15 is 0 Å². The number of nitrogens with zero attached hydrogens (tertiary/aromatic N) is 3. The first-order valence-corrected chi connectivity index (χ1v) is 9.43. The fraction of sp³-hybridized carbons (Fsp3) is 0.476. The van der Waals surface area contributed by atoms with Crippen molar-refractivity contribution in [3.05, 3.63) is 58.2 Å². The van der Waals surface area contributed by atoms with Gasteiger partial charge in [-0.1, -0.05) is 18.9 Å². The van der Waals surface area contributed by atoms with Gasteiger partial charge in [0, 0.05) is 24.0 Å². The number of aromatic nitrogens is 2. The van der Waals surface area contributed by atoms with E-state index in [-0.39, 0.29) is 11.9 Å². The second kappa shape index (κ2) is 6.80. The molecule has 0 radical (unpaired) electrons. The molecule has 1 saturated carbocycles. The molecule has 2 aromatic rings. The molecule has 1 aliphatic heterocycles. The molecule has 0 spiro atoms. The van der Waals surface area contributed by atoms with E-state index in [4.69, 9.17) is 4.98 Å². The zero-order valence-corrected chi connectivity index (χ0v) is 15.4. The Hall–Kier alpha value is -2.27. The Morgan fingerprint density at radius 1 is 1.23 bits per heavy atom. The molecule has 0 saturated heterocycles. The number of carbonyl (C=O) groups excluding carboxylic acids is 1. The monoisotopic (exact) mass is 351 g/mol. The highest BCUT2D eigenvalue weighted by Crippen LogP contribution is 2.31. The highest BCUT2D eigenvalue weighted by atomic mass is 16.3. The van der Waals surface area contributed by atoms with E-state index in [0.29, 0.717) is 12.1 Å². The van der Waals surface area contributed by atoms with E-state index in [2.05, 4.69) is 11.1 Å². The van der Waals surface area contributed by atoms with E-state index in [9.17, 15) is 9.90 Å². The lowest BCUT2D eigenvalue weighted by Gasteiger charge is -2.34. The Labute approximate surface area is 154 Å². The third-order valence-corrected chi connectivity index (χ3v) is 5.67. The van der Waals surface area contributed by atoms with Crippen LogP contribution in [0.4, 0.5) is 0 Å². The van der Waals surface area contributed by atoms with Crippen LogP contribution in [0, 0.1) is 13.8 Å². The number of amides is 1. The van der Waals surface area contributed by atoms with Crippen LogP contribution < -0.4 is 0 Å². The van der Waals surface area contributed by atoms with Crippen molar-refractivity contribution < 1.29 is 9.90 Å². The summed E-state index contributed by atoms with van der Waals surface area (Å²) < 4.78 is 0. The summed E-state index contributed by atoms with van der Waals surface area (Å²) in [6, 6.07) is 6.00. The van der Waals surface area contributed by atoms with Crippen molar-refractivity contribution in [3.63, 3.8) is 0 Å². The molecule has 5 heteroatoms. The zero-order chi connectivity index (χ0) is 18.3. The number of hydrogen-bond donors (Lipinski definition) is 1. The molecule has 5 nitrogen and oxygen atoms in total. The van der Waals surface area contributed by atoms with E-state index < -0.39 is 6.10 Å². The summed E-state index contributed by atoms with van der Waals surface area (Å²) in [6.45, 7) is 4.49. The van der Waals surface area contributed by atoms with Gasteiger partial charge >= 0.3 is 0 Å². The summed E-state index contributed by atoms with van der Waals surface area (Å²) in [5.74, 6) is 0.0155. The highest BCUT2D eigenvalue weighted by Gasteiger charge is 2.38. The summed E-state index contributed by atoms with van der Waals surface area (Å²) in [4.78, 5) is 23.9. The van der Waals surface area contributed by atoms with Crippen LogP contribution in [-0.4, -0.2) is 38.0 Å². The topological polar surface area (TPSA) is 66.3 Å². The molecule has 4 rings (SSSR count). The Bertz CT molecular complexity index is 832. The molecule has 1 N–H and O–H groups in total. The first kappa shape index (κ1) is 17.2. The van der Waals surface area contributed by atoms with Gasteiger partial charge in [-0.2, -0.15) is 0 Å². The summed E-state index contributed by atoms with van der Waals surface area (Å²) in [6.07, 6.45) is 5.96. The Balaban J connectivity index is 1.59. The minimum atomic E-state index is -0.416. The lowest BCUT2D eigenvalue weighted by atomic mass is 9.91. The SMILES string of the molecule is Cc1ccc(Cc2cc3c(nc2C)CN([C@H]2CCCC[C@@H]2O)C3=O)cn1. The molecule has 1 aliphatic carbocycles. The van der Waals surface area contributed by atoms with Crippen LogP contribution in [0.25, 0.3) is 0 Å². The number of fused-ring (bicyclic) bond motifs is 1. The van der Waals surface area contributed by atoms with Gasteiger partial charge < -0.3 is 10.0 Å². The molecule has 1 fully saturated rings. The van der Waals surface area contributed by atoms with Gasteiger partial charge in [0.15, 0.2) is 0 Å². The number of hydrogen-bond acceptors (Lipinski definition) is 4. The van der Waals surface area contributed by atoms with Gasteiger partial charge in [-0.05, 0) is 49.9 Å². The molecule has 2 aliphatic rings. The number of aliphatic hydroxyl groups is 1. The van der Waals surface area contributed by atoms with Crippen LogP contribution in [-0.2, 0) is 13.0 Å². The van der Waals surface area contributed by atoms with E-state index in [1.807, 2.05) is 37.1 Å². The van der Waals surface area contributed by atoms with Crippen molar-refractivity contribution in [2.24, 2.45) is 0 Å².